The predicted molar refractivity (Wildman–Crippen MR) is 86.3 cm³/mol. The second kappa shape index (κ2) is 7.08. The summed E-state index contributed by atoms with van der Waals surface area (Å²) in [5.41, 5.74) is 2.38. The fourth-order valence-electron chi connectivity index (χ4n) is 3.47. The van der Waals surface area contributed by atoms with Gasteiger partial charge in [0.05, 0.1) is 11.6 Å². The molecule has 3 rings (SSSR count). The number of unbranched alkanes of at least 4 members (excludes halogenated alkanes) is 2. The SMILES string of the molecule is CCCCC[C@H]1C(c2ccccc2)=NO[C@@H]1N1CCCC1. The van der Waals surface area contributed by atoms with Crippen LogP contribution in [-0.2, 0) is 4.84 Å². The quantitative estimate of drug-likeness (QED) is 0.737. The van der Waals surface area contributed by atoms with Gasteiger partial charge in [-0.05, 0) is 24.8 Å². The highest BCUT2D eigenvalue weighted by Crippen LogP contribution is 2.31. The summed E-state index contributed by atoms with van der Waals surface area (Å²) in [7, 11) is 0. The van der Waals surface area contributed by atoms with Crippen LogP contribution >= 0.6 is 0 Å². The van der Waals surface area contributed by atoms with E-state index in [-0.39, 0.29) is 6.23 Å². The number of oxime groups is 1. The van der Waals surface area contributed by atoms with E-state index in [2.05, 4.69) is 47.3 Å². The number of likely N-dealkylation sites (tertiary alicyclic amines) is 1. The zero-order chi connectivity index (χ0) is 14.5. The summed E-state index contributed by atoms with van der Waals surface area (Å²) in [4.78, 5) is 8.34. The predicted octanol–water partition coefficient (Wildman–Crippen LogP) is 4.04. The first kappa shape index (κ1) is 14.6. The van der Waals surface area contributed by atoms with Gasteiger partial charge in [0.1, 0.15) is 0 Å². The fourth-order valence-corrected chi connectivity index (χ4v) is 3.47. The van der Waals surface area contributed by atoms with Crippen molar-refractivity contribution < 1.29 is 4.84 Å². The van der Waals surface area contributed by atoms with Gasteiger partial charge in [-0.2, -0.15) is 0 Å². The van der Waals surface area contributed by atoms with Crippen LogP contribution < -0.4 is 0 Å². The Balaban J connectivity index is 1.75. The number of rotatable bonds is 6. The Morgan fingerprint density at radius 2 is 1.90 bits per heavy atom. The van der Waals surface area contributed by atoms with E-state index in [0.717, 1.165) is 18.8 Å². The first-order chi connectivity index (χ1) is 10.4. The van der Waals surface area contributed by atoms with Crippen molar-refractivity contribution in [2.24, 2.45) is 11.1 Å². The third kappa shape index (κ3) is 3.29. The Kier molecular flexibility index (Phi) is 4.91. The van der Waals surface area contributed by atoms with Gasteiger partial charge in [0.25, 0.3) is 0 Å². The molecule has 2 aliphatic heterocycles. The Bertz CT molecular complexity index is 465. The van der Waals surface area contributed by atoms with Crippen molar-refractivity contribution in [1.82, 2.24) is 4.90 Å². The molecule has 21 heavy (non-hydrogen) atoms. The lowest BCUT2D eigenvalue weighted by Gasteiger charge is -2.27. The summed E-state index contributed by atoms with van der Waals surface area (Å²) in [6.07, 6.45) is 7.76. The molecule has 0 bridgehead atoms. The standard InChI is InChI=1S/C18H26N2O/c1-2-3-5-12-16-17(15-10-6-4-7-11-15)19-21-18(16)20-13-8-9-14-20/h4,6-7,10-11,16,18H,2-3,5,8-9,12-14H2,1H3/t16-,18-/m0/s1. The maximum atomic E-state index is 5.86. The molecular formula is C18H26N2O. The number of hydrogen-bond donors (Lipinski definition) is 0. The molecule has 2 atom stereocenters. The fraction of sp³-hybridized carbons (Fsp3) is 0.611. The largest absolute Gasteiger partial charge is 0.375 e. The van der Waals surface area contributed by atoms with Gasteiger partial charge in [-0.3, -0.25) is 4.90 Å². The molecule has 0 aliphatic carbocycles. The van der Waals surface area contributed by atoms with Crippen LogP contribution in [-0.4, -0.2) is 29.9 Å². The van der Waals surface area contributed by atoms with E-state index in [4.69, 9.17) is 4.84 Å². The van der Waals surface area contributed by atoms with Crippen LogP contribution in [0.15, 0.2) is 35.5 Å². The van der Waals surface area contributed by atoms with Crippen LogP contribution in [0.25, 0.3) is 0 Å². The molecule has 3 heteroatoms. The lowest BCUT2D eigenvalue weighted by atomic mass is 9.90. The molecule has 0 aromatic heterocycles. The zero-order valence-corrected chi connectivity index (χ0v) is 13.0. The minimum atomic E-state index is 0.166. The molecule has 0 radical (unpaired) electrons. The Hall–Kier alpha value is -1.35. The summed E-state index contributed by atoms with van der Waals surface area (Å²) in [6.45, 7) is 4.58. The maximum absolute atomic E-state index is 5.86. The maximum Gasteiger partial charge on any atom is 0.189 e. The second-order valence-corrected chi connectivity index (χ2v) is 6.18. The highest BCUT2D eigenvalue weighted by atomic mass is 16.7. The van der Waals surface area contributed by atoms with Crippen molar-refractivity contribution in [3.05, 3.63) is 35.9 Å². The molecule has 1 aromatic rings. The lowest BCUT2D eigenvalue weighted by Crippen LogP contribution is -2.39. The average molecular weight is 286 g/mol. The van der Waals surface area contributed by atoms with Crippen molar-refractivity contribution in [2.75, 3.05) is 13.1 Å². The molecule has 1 fully saturated rings. The average Bonchev–Trinajstić information content (AvgIpc) is 3.17. The van der Waals surface area contributed by atoms with E-state index < -0.39 is 0 Å². The monoisotopic (exact) mass is 286 g/mol. The first-order valence-electron chi connectivity index (χ1n) is 8.43. The summed E-state index contributed by atoms with van der Waals surface area (Å²) in [5.74, 6) is 0.428. The Labute approximate surface area is 128 Å². The van der Waals surface area contributed by atoms with Gasteiger partial charge in [0, 0.05) is 13.1 Å². The van der Waals surface area contributed by atoms with Crippen LogP contribution in [0, 0.1) is 5.92 Å². The third-order valence-electron chi connectivity index (χ3n) is 4.64. The summed E-state index contributed by atoms with van der Waals surface area (Å²) < 4.78 is 0. The molecule has 0 spiro atoms. The van der Waals surface area contributed by atoms with Crippen molar-refractivity contribution in [3.8, 4) is 0 Å². The molecule has 1 saturated heterocycles. The Morgan fingerprint density at radius 3 is 2.62 bits per heavy atom. The van der Waals surface area contributed by atoms with Crippen LogP contribution in [0.3, 0.4) is 0 Å². The van der Waals surface area contributed by atoms with Gasteiger partial charge >= 0.3 is 0 Å². The molecule has 114 valence electrons. The minimum absolute atomic E-state index is 0.166. The minimum Gasteiger partial charge on any atom is -0.375 e. The van der Waals surface area contributed by atoms with E-state index in [0.29, 0.717) is 5.92 Å². The normalized spacial score (nSPS) is 25.9. The number of benzene rings is 1. The first-order valence-corrected chi connectivity index (χ1v) is 8.43. The van der Waals surface area contributed by atoms with E-state index in [9.17, 15) is 0 Å². The molecular weight excluding hydrogens is 260 g/mol. The number of hydrogen-bond acceptors (Lipinski definition) is 3. The van der Waals surface area contributed by atoms with Crippen molar-refractivity contribution in [2.45, 2.75) is 51.7 Å². The van der Waals surface area contributed by atoms with Gasteiger partial charge in [0.2, 0.25) is 0 Å². The summed E-state index contributed by atoms with van der Waals surface area (Å²) >= 11 is 0. The molecule has 0 amide bonds. The number of nitrogens with zero attached hydrogens (tertiary/aromatic N) is 2. The van der Waals surface area contributed by atoms with Crippen LogP contribution in [0.1, 0.15) is 51.0 Å². The van der Waals surface area contributed by atoms with Gasteiger partial charge in [0.15, 0.2) is 6.23 Å². The van der Waals surface area contributed by atoms with Crippen molar-refractivity contribution >= 4 is 5.71 Å². The second-order valence-electron chi connectivity index (χ2n) is 6.18. The van der Waals surface area contributed by atoms with E-state index >= 15 is 0 Å². The summed E-state index contributed by atoms with van der Waals surface area (Å²) in [6, 6.07) is 10.5. The molecule has 2 heterocycles. The summed E-state index contributed by atoms with van der Waals surface area (Å²) in [5, 5.41) is 4.47. The van der Waals surface area contributed by atoms with Gasteiger partial charge in [-0.15, -0.1) is 0 Å². The molecule has 2 aliphatic rings. The smallest absolute Gasteiger partial charge is 0.189 e. The molecule has 0 unspecified atom stereocenters. The lowest BCUT2D eigenvalue weighted by molar-refractivity contribution is -0.0494. The van der Waals surface area contributed by atoms with Crippen LogP contribution in [0.5, 0.6) is 0 Å². The van der Waals surface area contributed by atoms with Crippen molar-refractivity contribution in [1.29, 1.82) is 0 Å². The van der Waals surface area contributed by atoms with Crippen LogP contribution in [0.2, 0.25) is 0 Å². The Morgan fingerprint density at radius 1 is 1.14 bits per heavy atom. The highest BCUT2D eigenvalue weighted by molar-refractivity contribution is 6.02. The van der Waals surface area contributed by atoms with Crippen LogP contribution in [0.4, 0.5) is 0 Å². The van der Waals surface area contributed by atoms with E-state index in [1.807, 2.05) is 0 Å². The van der Waals surface area contributed by atoms with E-state index in [1.165, 1.54) is 44.1 Å². The highest BCUT2D eigenvalue weighted by Gasteiger charge is 2.39. The van der Waals surface area contributed by atoms with Gasteiger partial charge in [-0.1, -0.05) is 61.7 Å². The van der Waals surface area contributed by atoms with E-state index in [1.54, 1.807) is 0 Å². The molecule has 1 aromatic carbocycles. The molecule has 0 N–H and O–H groups in total. The topological polar surface area (TPSA) is 24.8 Å². The van der Waals surface area contributed by atoms with Gasteiger partial charge < -0.3 is 4.84 Å². The van der Waals surface area contributed by atoms with Gasteiger partial charge in [-0.25, -0.2) is 0 Å². The molecule has 3 nitrogen and oxygen atoms in total. The molecule has 0 saturated carbocycles. The third-order valence-corrected chi connectivity index (χ3v) is 4.64. The zero-order valence-electron chi connectivity index (χ0n) is 13.0. The van der Waals surface area contributed by atoms with Crippen molar-refractivity contribution in [3.63, 3.8) is 0 Å².